The zero-order valence-corrected chi connectivity index (χ0v) is 18.5. The van der Waals surface area contributed by atoms with Gasteiger partial charge < -0.3 is 14.4 Å². The highest BCUT2D eigenvalue weighted by molar-refractivity contribution is 7.89. The van der Waals surface area contributed by atoms with Crippen molar-refractivity contribution in [3.05, 3.63) is 66.2 Å². The topological polar surface area (TPSA) is 76.2 Å². The minimum Gasteiger partial charge on any atom is -0.445 e. The van der Waals surface area contributed by atoms with Crippen molar-refractivity contribution in [1.82, 2.24) is 9.21 Å². The summed E-state index contributed by atoms with van der Waals surface area (Å²) >= 11 is 0. The molecule has 0 aliphatic carbocycles. The number of likely N-dealkylation sites (tertiary alicyclic amines) is 1. The molecule has 2 aliphatic heterocycles. The molecular formula is C23H28N2O5S. The second-order valence-corrected chi connectivity index (χ2v) is 9.80. The van der Waals surface area contributed by atoms with Gasteiger partial charge in [0, 0.05) is 32.0 Å². The van der Waals surface area contributed by atoms with Crippen LogP contribution < -0.4 is 0 Å². The maximum absolute atomic E-state index is 13.3. The second-order valence-electron chi connectivity index (χ2n) is 7.93. The van der Waals surface area contributed by atoms with Crippen molar-refractivity contribution in [1.29, 1.82) is 0 Å². The first-order valence-electron chi connectivity index (χ1n) is 10.7. The van der Waals surface area contributed by atoms with Crippen LogP contribution in [0.25, 0.3) is 0 Å². The summed E-state index contributed by atoms with van der Waals surface area (Å²) in [6.45, 7) is 3.24. The summed E-state index contributed by atoms with van der Waals surface area (Å²) in [6, 6.07) is 17.8. The van der Waals surface area contributed by atoms with E-state index in [9.17, 15) is 13.2 Å². The van der Waals surface area contributed by atoms with Gasteiger partial charge in [0.1, 0.15) is 12.3 Å². The van der Waals surface area contributed by atoms with E-state index in [0.717, 1.165) is 5.56 Å². The van der Waals surface area contributed by atoms with Crippen molar-refractivity contribution >= 4 is 16.1 Å². The molecule has 2 unspecified atom stereocenters. The Hall–Kier alpha value is -2.42. The number of sulfonamides is 1. The van der Waals surface area contributed by atoms with Crippen molar-refractivity contribution in [3.8, 4) is 0 Å². The first kappa shape index (κ1) is 21.8. The number of hydrogen-bond donors (Lipinski definition) is 0. The van der Waals surface area contributed by atoms with Crippen LogP contribution >= 0.6 is 0 Å². The highest BCUT2D eigenvalue weighted by Crippen LogP contribution is 2.41. The van der Waals surface area contributed by atoms with E-state index in [-0.39, 0.29) is 23.6 Å². The van der Waals surface area contributed by atoms with Crippen LogP contribution in [-0.2, 0) is 26.1 Å². The molecule has 2 heterocycles. The predicted molar refractivity (Wildman–Crippen MR) is 116 cm³/mol. The lowest BCUT2D eigenvalue weighted by Gasteiger charge is -2.46. The van der Waals surface area contributed by atoms with Crippen LogP contribution in [0.4, 0.5) is 4.79 Å². The largest absolute Gasteiger partial charge is 0.445 e. The van der Waals surface area contributed by atoms with Gasteiger partial charge in [-0.25, -0.2) is 13.2 Å². The fourth-order valence-electron chi connectivity index (χ4n) is 4.48. The van der Waals surface area contributed by atoms with Crippen LogP contribution in [0.5, 0.6) is 0 Å². The summed E-state index contributed by atoms with van der Waals surface area (Å²) in [5.41, 5.74) is 0.00240. The molecule has 2 aliphatic rings. The van der Waals surface area contributed by atoms with E-state index in [0.29, 0.717) is 39.0 Å². The van der Waals surface area contributed by atoms with Crippen LogP contribution in [0.2, 0.25) is 0 Å². The van der Waals surface area contributed by atoms with Crippen LogP contribution in [0, 0.1) is 0 Å². The van der Waals surface area contributed by atoms with Gasteiger partial charge in [-0.15, -0.1) is 0 Å². The van der Waals surface area contributed by atoms with Crippen molar-refractivity contribution in [2.45, 2.75) is 49.5 Å². The maximum Gasteiger partial charge on any atom is 0.410 e. The molecule has 2 fully saturated rings. The van der Waals surface area contributed by atoms with E-state index < -0.39 is 15.7 Å². The van der Waals surface area contributed by atoms with Gasteiger partial charge in [-0.3, -0.25) is 0 Å². The summed E-state index contributed by atoms with van der Waals surface area (Å²) in [6.07, 6.45) is 1.15. The van der Waals surface area contributed by atoms with E-state index in [1.807, 2.05) is 37.3 Å². The third-order valence-corrected chi connectivity index (χ3v) is 8.06. The standard InChI is InChI=1S/C23H28N2O5S/c1-2-20-17-23(13-14-24(20)22(26)29-18-19-9-5-3-6-10-19)25(15-16-30-23)31(27,28)21-11-7-4-8-12-21/h3-12,20H,2,13-18H2,1H3. The second kappa shape index (κ2) is 8.98. The van der Waals surface area contributed by atoms with Gasteiger partial charge in [0.25, 0.3) is 0 Å². The van der Waals surface area contributed by atoms with Crippen molar-refractivity contribution in [2.24, 2.45) is 0 Å². The molecule has 0 bridgehead atoms. The number of ether oxygens (including phenoxy) is 2. The number of carbonyl (C=O) groups excluding carboxylic acids is 1. The quantitative estimate of drug-likeness (QED) is 0.704. The molecule has 2 aromatic carbocycles. The Labute approximate surface area is 183 Å². The molecular weight excluding hydrogens is 416 g/mol. The van der Waals surface area contributed by atoms with Gasteiger partial charge in [-0.2, -0.15) is 4.31 Å². The molecule has 8 heteroatoms. The molecule has 0 aromatic heterocycles. The monoisotopic (exact) mass is 444 g/mol. The first-order chi connectivity index (χ1) is 15.0. The first-order valence-corrected chi connectivity index (χ1v) is 12.1. The SMILES string of the molecule is CCC1CC2(CCN1C(=O)OCc1ccccc1)OCCN2S(=O)(=O)c1ccccc1. The molecule has 2 atom stereocenters. The smallest absolute Gasteiger partial charge is 0.410 e. The summed E-state index contributed by atoms with van der Waals surface area (Å²) in [5.74, 6) is 0. The Morgan fingerprint density at radius 3 is 2.45 bits per heavy atom. The van der Waals surface area contributed by atoms with Crippen molar-refractivity contribution in [2.75, 3.05) is 19.7 Å². The molecule has 1 amide bonds. The number of amides is 1. The lowest BCUT2D eigenvalue weighted by Crippen LogP contribution is -2.59. The van der Waals surface area contributed by atoms with Gasteiger partial charge in [0.15, 0.2) is 0 Å². The van der Waals surface area contributed by atoms with E-state index in [1.54, 1.807) is 35.2 Å². The minimum absolute atomic E-state index is 0.163. The Bertz CT molecular complexity index is 999. The highest BCUT2D eigenvalue weighted by atomic mass is 32.2. The Balaban J connectivity index is 1.49. The number of benzene rings is 2. The zero-order valence-electron chi connectivity index (χ0n) is 17.6. The van der Waals surface area contributed by atoms with Crippen LogP contribution in [0.3, 0.4) is 0 Å². The number of hydrogen-bond acceptors (Lipinski definition) is 5. The fraction of sp³-hybridized carbons (Fsp3) is 0.435. The molecule has 7 nitrogen and oxygen atoms in total. The van der Waals surface area contributed by atoms with E-state index in [2.05, 4.69) is 0 Å². The summed E-state index contributed by atoms with van der Waals surface area (Å²) in [5, 5.41) is 0. The fourth-order valence-corrected chi connectivity index (χ4v) is 6.20. The van der Waals surface area contributed by atoms with Crippen molar-refractivity contribution in [3.63, 3.8) is 0 Å². The van der Waals surface area contributed by atoms with Gasteiger partial charge >= 0.3 is 6.09 Å². The molecule has 2 aromatic rings. The Morgan fingerprint density at radius 2 is 1.77 bits per heavy atom. The summed E-state index contributed by atoms with van der Waals surface area (Å²) in [7, 11) is -3.69. The lowest BCUT2D eigenvalue weighted by molar-refractivity contribution is -0.105. The number of rotatable bonds is 5. The van der Waals surface area contributed by atoms with Crippen molar-refractivity contribution < 1.29 is 22.7 Å². The summed E-state index contributed by atoms with van der Waals surface area (Å²) in [4.78, 5) is 14.7. The van der Waals surface area contributed by atoms with E-state index >= 15 is 0 Å². The van der Waals surface area contributed by atoms with E-state index in [4.69, 9.17) is 9.47 Å². The highest BCUT2D eigenvalue weighted by Gasteiger charge is 2.53. The van der Waals surface area contributed by atoms with Gasteiger partial charge in [0.05, 0.1) is 11.5 Å². The van der Waals surface area contributed by atoms with Gasteiger partial charge in [-0.1, -0.05) is 55.5 Å². The molecule has 0 N–H and O–H groups in total. The molecule has 4 rings (SSSR count). The average Bonchev–Trinajstić information content (AvgIpc) is 3.22. The van der Waals surface area contributed by atoms with Crippen LogP contribution in [-0.4, -0.2) is 55.2 Å². The molecule has 0 radical (unpaired) electrons. The van der Waals surface area contributed by atoms with Gasteiger partial charge in [0.2, 0.25) is 10.0 Å². The molecule has 166 valence electrons. The summed E-state index contributed by atoms with van der Waals surface area (Å²) < 4.78 is 39.7. The molecule has 2 saturated heterocycles. The lowest BCUT2D eigenvalue weighted by atomic mass is 9.92. The van der Waals surface area contributed by atoms with Gasteiger partial charge in [-0.05, 0) is 24.1 Å². The predicted octanol–water partition coefficient (Wildman–Crippen LogP) is 3.62. The molecule has 0 saturated carbocycles. The maximum atomic E-state index is 13.3. The Morgan fingerprint density at radius 1 is 1.10 bits per heavy atom. The number of nitrogens with zero attached hydrogens (tertiary/aromatic N) is 2. The zero-order chi connectivity index (χ0) is 21.9. The minimum atomic E-state index is -3.69. The Kier molecular flexibility index (Phi) is 6.31. The normalized spacial score (nSPS) is 24.4. The van der Waals surface area contributed by atoms with Crippen LogP contribution in [0.15, 0.2) is 65.6 Å². The molecule has 1 spiro atoms. The average molecular weight is 445 g/mol. The van der Waals surface area contributed by atoms with E-state index in [1.165, 1.54) is 4.31 Å². The third-order valence-electron chi connectivity index (χ3n) is 6.10. The number of carbonyl (C=O) groups is 1. The van der Waals surface area contributed by atoms with Crippen LogP contribution in [0.1, 0.15) is 31.7 Å². The number of piperidine rings is 1. The molecule has 31 heavy (non-hydrogen) atoms. The third kappa shape index (κ3) is 4.33.